The van der Waals surface area contributed by atoms with Gasteiger partial charge in [-0.2, -0.15) is 4.37 Å². The van der Waals surface area contributed by atoms with Gasteiger partial charge in [0.15, 0.2) is 0 Å². The highest BCUT2D eigenvalue weighted by Crippen LogP contribution is 2.39. The minimum atomic E-state index is -0.242. The molecular weight excluding hydrogens is 268 g/mol. The maximum Gasteiger partial charge on any atom is 0.249 e. The van der Waals surface area contributed by atoms with E-state index in [2.05, 4.69) is 14.7 Å². The van der Waals surface area contributed by atoms with Crippen molar-refractivity contribution in [1.29, 1.82) is 0 Å². The molecule has 1 aromatic heterocycles. The number of anilines is 1. The van der Waals surface area contributed by atoms with Gasteiger partial charge in [-0.1, -0.05) is 0 Å². The third-order valence-corrected chi connectivity index (χ3v) is 3.69. The van der Waals surface area contributed by atoms with Gasteiger partial charge in [0, 0.05) is 24.0 Å². The summed E-state index contributed by atoms with van der Waals surface area (Å²) in [4.78, 5) is 29.1. The van der Waals surface area contributed by atoms with E-state index in [0.29, 0.717) is 24.2 Å². The first-order chi connectivity index (χ1) is 9.22. The summed E-state index contributed by atoms with van der Waals surface area (Å²) in [5.41, 5.74) is 0. The molecule has 0 spiro atoms. The van der Waals surface area contributed by atoms with Crippen molar-refractivity contribution in [1.82, 2.24) is 14.3 Å². The van der Waals surface area contributed by atoms with Crippen LogP contribution in [0.15, 0.2) is 0 Å². The van der Waals surface area contributed by atoms with E-state index in [0.717, 1.165) is 18.7 Å². The lowest BCUT2D eigenvalue weighted by Crippen LogP contribution is -2.45. The lowest BCUT2D eigenvalue weighted by Gasteiger charge is -2.25. The van der Waals surface area contributed by atoms with E-state index in [1.165, 1.54) is 16.4 Å². The van der Waals surface area contributed by atoms with Gasteiger partial charge in [0.05, 0.1) is 6.61 Å². The van der Waals surface area contributed by atoms with Crippen LogP contribution < -0.4 is 5.32 Å². The Bertz CT molecular complexity index is 500. The first-order valence-electron chi connectivity index (χ1n) is 6.21. The van der Waals surface area contributed by atoms with Crippen molar-refractivity contribution in [3.8, 4) is 0 Å². The zero-order valence-corrected chi connectivity index (χ0v) is 11.1. The summed E-state index contributed by atoms with van der Waals surface area (Å²) in [5, 5.41) is 3.19. The van der Waals surface area contributed by atoms with Gasteiger partial charge in [-0.3, -0.25) is 14.9 Å². The average Bonchev–Trinajstić information content (AvgIpc) is 3.14. The summed E-state index contributed by atoms with van der Waals surface area (Å²) >= 11 is 1.19. The summed E-state index contributed by atoms with van der Waals surface area (Å²) in [6.45, 7) is 1.03. The third kappa shape index (κ3) is 3.07. The van der Waals surface area contributed by atoms with Crippen LogP contribution in [-0.4, -0.2) is 52.4 Å². The van der Waals surface area contributed by atoms with Crippen LogP contribution in [0.4, 0.5) is 5.13 Å². The molecule has 102 valence electrons. The minimum absolute atomic E-state index is 0.0422. The number of rotatable bonds is 4. The molecule has 1 aromatic rings. The molecule has 1 aliphatic heterocycles. The largest absolute Gasteiger partial charge is 0.370 e. The summed E-state index contributed by atoms with van der Waals surface area (Å²) in [7, 11) is 0. The number of amides is 2. The second kappa shape index (κ2) is 5.22. The van der Waals surface area contributed by atoms with E-state index in [4.69, 9.17) is 4.74 Å². The van der Waals surface area contributed by atoms with E-state index >= 15 is 0 Å². The molecule has 1 N–H and O–H groups in total. The van der Waals surface area contributed by atoms with Crippen molar-refractivity contribution in [3.63, 3.8) is 0 Å². The molecule has 2 heterocycles. The Kier molecular flexibility index (Phi) is 3.43. The van der Waals surface area contributed by atoms with Crippen LogP contribution in [0.2, 0.25) is 0 Å². The molecule has 7 nitrogen and oxygen atoms in total. The van der Waals surface area contributed by atoms with E-state index in [-0.39, 0.29) is 25.0 Å². The van der Waals surface area contributed by atoms with E-state index in [1.54, 1.807) is 0 Å². The predicted molar refractivity (Wildman–Crippen MR) is 67.9 cm³/mol. The molecule has 1 saturated heterocycles. The normalized spacial score (nSPS) is 19.6. The number of morpholine rings is 1. The fourth-order valence-electron chi connectivity index (χ4n) is 1.84. The monoisotopic (exact) mass is 282 g/mol. The zero-order valence-electron chi connectivity index (χ0n) is 10.3. The zero-order chi connectivity index (χ0) is 13.2. The standard InChI is InChI=1S/C11H14N4O3S/c16-8(5-15-3-4-18-6-9(15)17)12-11-13-10(14-19-11)7-1-2-7/h7H,1-6H2,(H,12,13,14,16). The van der Waals surface area contributed by atoms with Gasteiger partial charge in [0.1, 0.15) is 19.0 Å². The number of nitrogens with zero attached hydrogens (tertiary/aromatic N) is 3. The van der Waals surface area contributed by atoms with Crippen molar-refractivity contribution in [2.24, 2.45) is 0 Å². The van der Waals surface area contributed by atoms with Crippen LogP contribution in [0, 0.1) is 0 Å². The number of ether oxygens (including phenoxy) is 1. The van der Waals surface area contributed by atoms with Crippen LogP contribution >= 0.6 is 11.5 Å². The van der Waals surface area contributed by atoms with Crippen molar-refractivity contribution < 1.29 is 14.3 Å². The van der Waals surface area contributed by atoms with Gasteiger partial charge in [-0.05, 0) is 12.8 Å². The number of nitrogens with one attached hydrogen (secondary N) is 1. The summed E-state index contributed by atoms with van der Waals surface area (Å²) in [6, 6.07) is 0. The smallest absolute Gasteiger partial charge is 0.249 e. The Labute approximate surface area is 114 Å². The molecule has 0 atom stereocenters. The van der Waals surface area contributed by atoms with Crippen LogP contribution in [0.25, 0.3) is 0 Å². The molecule has 2 amide bonds. The van der Waals surface area contributed by atoms with Gasteiger partial charge < -0.3 is 9.64 Å². The lowest BCUT2D eigenvalue weighted by molar-refractivity contribution is -0.144. The highest BCUT2D eigenvalue weighted by atomic mass is 32.1. The topological polar surface area (TPSA) is 84.4 Å². The molecule has 0 bridgehead atoms. The molecule has 19 heavy (non-hydrogen) atoms. The molecule has 1 aliphatic carbocycles. The second-order valence-electron chi connectivity index (χ2n) is 4.65. The van der Waals surface area contributed by atoms with Crippen molar-refractivity contribution >= 4 is 28.5 Å². The number of aromatic nitrogens is 2. The maximum absolute atomic E-state index is 11.8. The molecule has 3 rings (SSSR count). The fraction of sp³-hybridized carbons (Fsp3) is 0.636. The first-order valence-corrected chi connectivity index (χ1v) is 6.98. The van der Waals surface area contributed by atoms with Gasteiger partial charge in [-0.25, -0.2) is 4.98 Å². The van der Waals surface area contributed by atoms with E-state index in [1.807, 2.05) is 0 Å². The Morgan fingerprint density at radius 3 is 3.11 bits per heavy atom. The van der Waals surface area contributed by atoms with E-state index < -0.39 is 0 Å². The van der Waals surface area contributed by atoms with Crippen molar-refractivity contribution in [3.05, 3.63) is 5.82 Å². The molecule has 0 radical (unpaired) electrons. The summed E-state index contributed by atoms with van der Waals surface area (Å²) in [6.07, 6.45) is 2.26. The third-order valence-electron chi connectivity index (χ3n) is 3.05. The highest BCUT2D eigenvalue weighted by molar-refractivity contribution is 7.09. The van der Waals surface area contributed by atoms with Gasteiger partial charge in [0.25, 0.3) is 0 Å². The quantitative estimate of drug-likeness (QED) is 0.853. The van der Waals surface area contributed by atoms with E-state index in [9.17, 15) is 9.59 Å². The Hall–Kier alpha value is -1.54. The lowest BCUT2D eigenvalue weighted by atomic mass is 10.4. The number of hydrogen-bond donors (Lipinski definition) is 1. The average molecular weight is 282 g/mol. The minimum Gasteiger partial charge on any atom is -0.370 e. The summed E-state index contributed by atoms with van der Waals surface area (Å²) < 4.78 is 9.21. The highest BCUT2D eigenvalue weighted by Gasteiger charge is 2.28. The molecule has 1 saturated carbocycles. The van der Waals surface area contributed by atoms with Crippen LogP contribution in [0.3, 0.4) is 0 Å². The van der Waals surface area contributed by atoms with Crippen molar-refractivity contribution in [2.75, 3.05) is 31.6 Å². The number of carbonyl (C=O) groups excluding carboxylic acids is 2. The van der Waals surface area contributed by atoms with Gasteiger partial charge in [-0.15, -0.1) is 0 Å². The predicted octanol–water partition coefficient (Wildman–Crippen LogP) is 0.213. The molecule has 0 unspecified atom stereocenters. The SMILES string of the molecule is O=C(CN1CCOCC1=O)Nc1nc(C2CC2)ns1. The number of hydrogen-bond acceptors (Lipinski definition) is 6. The number of carbonyl (C=O) groups is 2. The van der Waals surface area contributed by atoms with Gasteiger partial charge in [0.2, 0.25) is 16.9 Å². The fourth-order valence-corrected chi connectivity index (χ4v) is 2.51. The molecule has 0 aromatic carbocycles. The molecular formula is C11H14N4O3S. The Morgan fingerprint density at radius 1 is 1.53 bits per heavy atom. The van der Waals surface area contributed by atoms with Gasteiger partial charge >= 0.3 is 0 Å². The van der Waals surface area contributed by atoms with Crippen molar-refractivity contribution in [2.45, 2.75) is 18.8 Å². The Morgan fingerprint density at radius 2 is 2.37 bits per heavy atom. The second-order valence-corrected chi connectivity index (χ2v) is 5.40. The molecule has 2 fully saturated rings. The molecule has 2 aliphatic rings. The first kappa shape index (κ1) is 12.5. The summed E-state index contributed by atoms with van der Waals surface area (Å²) in [5.74, 6) is 0.900. The van der Waals surface area contributed by atoms with Crippen LogP contribution in [-0.2, 0) is 14.3 Å². The Balaban J connectivity index is 1.53. The maximum atomic E-state index is 11.8. The van der Waals surface area contributed by atoms with Crippen LogP contribution in [0.5, 0.6) is 0 Å². The molecule has 8 heteroatoms. The van der Waals surface area contributed by atoms with Crippen LogP contribution in [0.1, 0.15) is 24.6 Å².